The molecule has 0 spiro atoms. The third kappa shape index (κ3) is 6.61. The summed E-state index contributed by atoms with van der Waals surface area (Å²) in [6, 6.07) is 0.412. The Hall–Kier alpha value is -1.08. The summed E-state index contributed by atoms with van der Waals surface area (Å²) in [5.74, 6) is 1.04. The second-order valence-electron chi connectivity index (χ2n) is 4.18. The van der Waals surface area contributed by atoms with Crippen molar-refractivity contribution in [3.63, 3.8) is 0 Å². The van der Waals surface area contributed by atoms with Crippen molar-refractivity contribution in [2.45, 2.75) is 39.2 Å². The predicted octanol–water partition coefficient (Wildman–Crippen LogP) is 1.43. The first-order valence-electron chi connectivity index (χ1n) is 5.98. The summed E-state index contributed by atoms with van der Waals surface area (Å²) in [5, 5.41) is 6.98. The first-order chi connectivity index (χ1) is 8.58. The van der Waals surface area contributed by atoms with Gasteiger partial charge in [0.2, 0.25) is 5.89 Å². The number of halogens is 2. The van der Waals surface area contributed by atoms with Gasteiger partial charge in [-0.25, -0.2) is 8.78 Å². The molecule has 7 heteroatoms. The highest BCUT2D eigenvalue weighted by molar-refractivity contribution is 4.87. The molecular formula is C11H19F2N3O2. The monoisotopic (exact) mass is 263 g/mol. The van der Waals surface area contributed by atoms with Crippen LogP contribution in [0.5, 0.6) is 0 Å². The zero-order valence-electron chi connectivity index (χ0n) is 10.7. The van der Waals surface area contributed by atoms with Crippen LogP contribution >= 0.6 is 0 Å². The second-order valence-corrected chi connectivity index (χ2v) is 4.18. The van der Waals surface area contributed by atoms with E-state index < -0.39 is 13.0 Å². The van der Waals surface area contributed by atoms with Gasteiger partial charge in [-0.3, -0.25) is 0 Å². The van der Waals surface area contributed by atoms with Gasteiger partial charge < -0.3 is 14.6 Å². The molecule has 0 aliphatic carbocycles. The third-order valence-electron chi connectivity index (χ3n) is 2.12. The van der Waals surface area contributed by atoms with Crippen LogP contribution in [0.25, 0.3) is 0 Å². The predicted molar refractivity (Wildman–Crippen MR) is 61.7 cm³/mol. The van der Waals surface area contributed by atoms with Gasteiger partial charge in [-0.05, 0) is 0 Å². The van der Waals surface area contributed by atoms with E-state index in [9.17, 15) is 8.78 Å². The highest BCUT2D eigenvalue weighted by Gasteiger charge is 2.07. The van der Waals surface area contributed by atoms with Gasteiger partial charge >= 0.3 is 0 Å². The molecule has 1 rings (SSSR count). The van der Waals surface area contributed by atoms with Gasteiger partial charge in [-0.15, -0.1) is 0 Å². The van der Waals surface area contributed by atoms with Gasteiger partial charge in [-0.2, -0.15) is 4.98 Å². The lowest BCUT2D eigenvalue weighted by Crippen LogP contribution is -2.25. The Bertz CT molecular complexity index is 332. The molecule has 1 N–H and O–H groups in total. The summed E-state index contributed by atoms with van der Waals surface area (Å²) >= 11 is 0. The summed E-state index contributed by atoms with van der Waals surface area (Å²) in [7, 11) is 0. The standard InChI is InChI=1S/C11H19F2N3O2/c1-8(2)14-5-3-11-15-10(16-18-11)4-6-17-7-9(12)13/h8-9,14H,3-7H2,1-2H3. The van der Waals surface area contributed by atoms with Gasteiger partial charge in [0.25, 0.3) is 6.43 Å². The number of hydrogen-bond donors (Lipinski definition) is 1. The van der Waals surface area contributed by atoms with E-state index in [0.29, 0.717) is 30.6 Å². The fraction of sp³-hybridized carbons (Fsp3) is 0.818. The van der Waals surface area contributed by atoms with Crippen molar-refractivity contribution in [3.05, 3.63) is 11.7 Å². The van der Waals surface area contributed by atoms with Gasteiger partial charge in [0.05, 0.1) is 6.61 Å². The van der Waals surface area contributed by atoms with E-state index in [1.807, 2.05) is 0 Å². The van der Waals surface area contributed by atoms with E-state index >= 15 is 0 Å². The molecular weight excluding hydrogens is 244 g/mol. The summed E-state index contributed by atoms with van der Waals surface area (Å²) in [6.07, 6.45) is -1.40. The molecule has 0 aromatic carbocycles. The normalized spacial score (nSPS) is 11.7. The average molecular weight is 263 g/mol. The zero-order valence-corrected chi connectivity index (χ0v) is 10.7. The van der Waals surface area contributed by atoms with E-state index in [2.05, 4.69) is 29.3 Å². The molecule has 0 bridgehead atoms. The highest BCUT2D eigenvalue weighted by Crippen LogP contribution is 2.00. The molecule has 1 aromatic rings. The largest absolute Gasteiger partial charge is 0.375 e. The Labute approximate surface area is 105 Å². The molecule has 0 radical (unpaired) electrons. The van der Waals surface area contributed by atoms with Gasteiger partial charge in [0.15, 0.2) is 5.82 Å². The quantitative estimate of drug-likeness (QED) is 0.683. The molecule has 0 unspecified atom stereocenters. The minimum atomic E-state index is -2.44. The van der Waals surface area contributed by atoms with Crippen LogP contribution in [0, 0.1) is 0 Å². The van der Waals surface area contributed by atoms with Crippen LogP contribution in [-0.4, -0.2) is 42.4 Å². The maximum Gasteiger partial charge on any atom is 0.261 e. The molecule has 0 atom stereocenters. The zero-order chi connectivity index (χ0) is 13.4. The first kappa shape index (κ1) is 15.0. The van der Waals surface area contributed by atoms with E-state index in [-0.39, 0.29) is 6.61 Å². The van der Waals surface area contributed by atoms with E-state index in [0.717, 1.165) is 6.54 Å². The number of ether oxygens (including phenoxy) is 1. The van der Waals surface area contributed by atoms with E-state index in [1.165, 1.54) is 0 Å². The number of rotatable bonds is 9. The molecule has 5 nitrogen and oxygen atoms in total. The molecule has 0 aliphatic rings. The number of alkyl halides is 2. The topological polar surface area (TPSA) is 60.2 Å². The van der Waals surface area contributed by atoms with Crippen LogP contribution in [0.3, 0.4) is 0 Å². The Morgan fingerprint density at radius 3 is 2.78 bits per heavy atom. The lowest BCUT2D eigenvalue weighted by atomic mass is 10.3. The molecule has 0 aliphatic heterocycles. The van der Waals surface area contributed by atoms with Gasteiger partial charge in [-0.1, -0.05) is 19.0 Å². The van der Waals surface area contributed by atoms with Crippen LogP contribution in [0.15, 0.2) is 4.52 Å². The minimum absolute atomic E-state index is 0.174. The minimum Gasteiger partial charge on any atom is -0.375 e. The maximum absolute atomic E-state index is 11.8. The van der Waals surface area contributed by atoms with Crippen LogP contribution < -0.4 is 5.32 Å². The van der Waals surface area contributed by atoms with Gasteiger partial charge in [0, 0.05) is 25.4 Å². The van der Waals surface area contributed by atoms with Crippen molar-refractivity contribution in [2.75, 3.05) is 19.8 Å². The van der Waals surface area contributed by atoms with Crippen LogP contribution in [0.2, 0.25) is 0 Å². The second kappa shape index (κ2) is 8.10. The molecule has 0 fully saturated rings. The molecule has 18 heavy (non-hydrogen) atoms. The van der Waals surface area contributed by atoms with Crippen molar-refractivity contribution in [1.82, 2.24) is 15.5 Å². The fourth-order valence-corrected chi connectivity index (χ4v) is 1.30. The summed E-state index contributed by atoms with van der Waals surface area (Å²) in [6.45, 7) is 4.50. The summed E-state index contributed by atoms with van der Waals surface area (Å²) < 4.78 is 33.3. The fourth-order valence-electron chi connectivity index (χ4n) is 1.30. The van der Waals surface area contributed by atoms with Gasteiger partial charge in [0.1, 0.15) is 6.61 Å². The molecule has 0 saturated carbocycles. The maximum atomic E-state index is 11.8. The van der Waals surface area contributed by atoms with Crippen LogP contribution in [0.1, 0.15) is 25.6 Å². The Morgan fingerprint density at radius 2 is 2.11 bits per heavy atom. The van der Waals surface area contributed by atoms with E-state index in [4.69, 9.17) is 9.26 Å². The van der Waals surface area contributed by atoms with Crippen molar-refractivity contribution in [2.24, 2.45) is 0 Å². The van der Waals surface area contributed by atoms with Crippen molar-refractivity contribution >= 4 is 0 Å². The molecule has 1 heterocycles. The van der Waals surface area contributed by atoms with Crippen LogP contribution in [-0.2, 0) is 17.6 Å². The van der Waals surface area contributed by atoms with Crippen LogP contribution in [0.4, 0.5) is 8.78 Å². The van der Waals surface area contributed by atoms with Crippen molar-refractivity contribution < 1.29 is 18.0 Å². The number of nitrogens with zero attached hydrogens (tertiary/aromatic N) is 2. The number of aromatic nitrogens is 2. The molecule has 104 valence electrons. The summed E-state index contributed by atoms with van der Waals surface area (Å²) in [5.41, 5.74) is 0. The molecule has 1 aromatic heterocycles. The Balaban J connectivity index is 2.17. The Morgan fingerprint density at radius 1 is 1.33 bits per heavy atom. The molecule has 0 saturated heterocycles. The highest BCUT2D eigenvalue weighted by atomic mass is 19.3. The SMILES string of the molecule is CC(C)NCCc1nc(CCOCC(F)F)no1. The first-order valence-corrected chi connectivity index (χ1v) is 5.98. The van der Waals surface area contributed by atoms with E-state index in [1.54, 1.807) is 0 Å². The number of nitrogens with one attached hydrogen (secondary N) is 1. The third-order valence-corrected chi connectivity index (χ3v) is 2.12. The Kier molecular flexibility index (Phi) is 6.74. The number of hydrogen-bond acceptors (Lipinski definition) is 5. The van der Waals surface area contributed by atoms with Crippen molar-refractivity contribution in [3.8, 4) is 0 Å². The molecule has 0 amide bonds. The van der Waals surface area contributed by atoms with Crippen molar-refractivity contribution in [1.29, 1.82) is 0 Å². The lowest BCUT2D eigenvalue weighted by molar-refractivity contribution is 0.0182. The lowest BCUT2D eigenvalue weighted by Gasteiger charge is -2.04. The summed E-state index contributed by atoms with van der Waals surface area (Å²) in [4.78, 5) is 4.14. The smallest absolute Gasteiger partial charge is 0.261 e. The average Bonchev–Trinajstić information content (AvgIpc) is 2.72.